The standard InChI is InChI=1S/C12H12O/c13-12-10-4-2-1-3-8(10)5-6-9-7-11(9)12/h1-4,9,11H,5-7H2. The zero-order chi connectivity index (χ0) is 8.84. The zero-order valence-corrected chi connectivity index (χ0v) is 7.49. The van der Waals surface area contributed by atoms with Gasteiger partial charge in [0, 0.05) is 11.5 Å². The summed E-state index contributed by atoms with van der Waals surface area (Å²) in [5.74, 6) is 1.49. The monoisotopic (exact) mass is 172 g/mol. The topological polar surface area (TPSA) is 17.1 Å². The Morgan fingerprint density at radius 3 is 3.00 bits per heavy atom. The Kier molecular flexibility index (Phi) is 1.37. The summed E-state index contributed by atoms with van der Waals surface area (Å²) in [6.07, 6.45) is 3.46. The van der Waals surface area contributed by atoms with Gasteiger partial charge >= 0.3 is 0 Å². The zero-order valence-electron chi connectivity index (χ0n) is 7.49. The molecule has 66 valence electrons. The summed E-state index contributed by atoms with van der Waals surface area (Å²) in [5, 5.41) is 0. The van der Waals surface area contributed by atoms with Crippen molar-refractivity contribution in [2.45, 2.75) is 19.3 Å². The number of hydrogen-bond donors (Lipinski definition) is 0. The van der Waals surface area contributed by atoms with E-state index in [1.54, 1.807) is 0 Å². The van der Waals surface area contributed by atoms with Gasteiger partial charge in [0.05, 0.1) is 0 Å². The largest absolute Gasteiger partial charge is 0.294 e. The van der Waals surface area contributed by atoms with Gasteiger partial charge in [-0.05, 0) is 30.7 Å². The highest BCUT2D eigenvalue weighted by atomic mass is 16.1. The van der Waals surface area contributed by atoms with E-state index in [-0.39, 0.29) is 0 Å². The average Bonchev–Trinajstić information content (AvgIpc) is 2.92. The number of rotatable bonds is 0. The minimum absolute atomic E-state index is 0.378. The summed E-state index contributed by atoms with van der Waals surface area (Å²) in [6.45, 7) is 0. The minimum Gasteiger partial charge on any atom is -0.294 e. The van der Waals surface area contributed by atoms with E-state index in [1.165, 1.54) is 12.0 Å². The summed E-state index contributed by atoms with van der Waals surface area (Å²) in [4.78, 5) is 11.9. The summed E-state index contributed by atoms with van der Waals surface area (Å²) in [5.41, 5.74) is 2.26. The predicted molar refractivity (Wildman–Crippen MR) is 50.7 cm³/mol. The highest BCUT2D eigenvalue weighted by molar-refractivity contribution is 6.01. The van der Waals surface area contributed by atoms with Crippen LogP contribution in [0.5, 0.6) is 0 Å². The number of fused-ring (bicyclic) bond motifs is 2. The average molecular weight is 172 g/mol. The van der Waals surface area contributed by atoms with Crippen molar-refractivity contribution < 1.29 is 4.79 Å². The second-order valence-corrected chi connectivity index (χ2v) is 4.16. The summed E-state index contributed by atoms with van der Waals surface area (Å²) < 4.78 is 0. The van der Waals surface area contributed by atoms with E-state index in [0.717, 1.165) is 18.4 Å². The van der Waals surface area contributed by atoms with E-state index in [2.05, 4.69) is 6.07 Å². The Morgan fingerprint density at radius 1 is 1.23 bits per heavy atom. The Labute approximate surface area is 77.8 Å². The molecule has 13 heavy (non-hydrogen) atoms. The molecule has 1 saturated carbocycles. The number of carbonyl (C=O) groups is 1. The van der Waals surface area contributed by atoms with Crippen molar-refractivity contribution in [2.24, 2.45) is 11.8 Å². The molecule has 2 aliphatic carbocycles. The Bertz CT molecular complexity index is 367. The lowest BCUT2D eigenvalue weighted by Crippen LogP contribution is -2.03. The van der Waals surface area contributed by atoms with Gasteiger partial charge < -0.3 is 0 Å². The van der Waals surface area contributed by atoms with Crippen LogP contribution in [-0.4, -0.2) is 5.78 Å². The van der Waals surface area contributed by atoms with Crippen LogP contribution in [0.4, 0.5) is 0 Å². The number of hydrogen-bond acceptors (Lipinski definition) is 1. The van der Waals surface area contributed by atoms with Gasteiger partial charge in [0.15, 0.2) is 5.78 Å². The fourth-order valence-electron chi connectivity index (χ4n) is 2.41. The van der Waals surface area contributed by atoms with Gasteiger partial charge in [-0.1, -0.05) is 24.3 Å². The number of aryl methyl sites for hydroxylation is 1. The molecule has 0 radical (unpaired) electrons. The molecular formula is C12H12O. The van der Waals surface area contributed by atoms with Crippen LogP contribution in [0.1, 0.15) is 28.8 Å². The number of Topliss-reactive ketones (excluding diaryl/α,β-unsaturated/α-hetero) is 1. The van der Waals surface area contributed by atoms with E-state index in [1.807, 2.05) is 18.2 Å². The molecule has 0 bridgehead atoms. The molecule has 0 aromatic heterocycles. The van der Waals surface area contributed by atoms with Crippen LogP contribution in [0.3, 0.4) is 0 Å². The molecule has 2 unspecified atom stereocenters. The first kappa shape index (κ1) is 7.31. The van der Waals surface area contributed by atoms with Gasteiger partial charge in [-0.15, -0.1) is 0 Å². The van der Waals surface area contributed by atoms with Crippen molar-refractivity contribution in [3.05, 3.63) is 35.4 Å². The Morgan fingerprint density at radius 2 is 2.08 bits per heavy atom. The normalized spacial score (nSPS) is 30.3. The SMILES string of the molecule is O=C1c2ccccc2CCC2CC12. The molecule has 1 aromatic carbocycles. The first-order chi connectivity index (χ1) is 6.36. The van der Waals surface area contributed by atoms with E-state index in [4.69, 9.17) is 0 Å². The fraction of sp³-hybridized carbons (Fsp3) is 0.417. The summed E-state index contributed by atoms with van der Waals surface area (Å²) in [6, 6.07) is 8.08. The lowest BCUT2D eigenvalue weighted by molar-refractivity contribution is 0.0962. The van der Waals surface area contributed by atoms with Crippen LogP contribution in [0.15, 0.2) is 24.3 Å². The van der Waals surface area contributed by atoms with Gasteiger partial charge in [-0.2, -0.15) is 0 Å². The van der Waals surface area contributed by atoms with E-state index in [9.17, 15) is 4.79 Å². The molecule has 1 nitrogen and oxygen atoms in total. The predicted octanol–water partition coefficient (Wildman–Crippen LogP) is 2.45. The van der Waals surface area contributed by atoms with Crippen molar-refractivity contribution in [3.8, 4) is 0 Å². The fourth-order valence-corrected chi connectivity index (χ4v) is 2.41. The van der Waals surface area contributed by atoms with Crippen molar-refractivity contribution in [1.29, 1.82) is 0 Å². The molecule has 2 atom stereocenters. The highest BCUT2D eigenvalue weighted by Gasteiger charge is 2.44. The lowest BCUT2D eigenvalue weighted by atomic mass is 10.0. The van der Waals surface area contributed by atoms with E-state index >= 15 is 0 Å². The molecule has 0 N–H and O–H groups in total. The van der Waals surface area contributed by atoms with Crippen molar-refractivity contribution in [3.63, 3.8) is 0 Å². The molecule has 0 spiro atoms. The van der Waals surface area contributed by atoms with E-state index in [0.29, 0.717) is 17.6 Å². The molecule has 0 amide bonds. The molecule has 1 aromatic rings. The minimum atomic E-state index is 0.378. The summed E-state index contributed by atoms with van der Waals surface area (Å²) >= 11 is 0. The first-order valence-corrected chi connectivity index (χ1v) is 4.98. The number of carbonyl (C=O) groups excluding carboxylic acids is 1. The van der Waals surface area contributed by atoms with Crippen molar-refractivity contribution in [1.82, 2.24) is 0 Å². The molecule has 0 saturated heterocycles. The maximum Gasteiger partial charge on any atom is 0.166 e. The third-order valence-electron chi connectivity index (χ3n) is 3.33. The van der Waals surface area contributed by atoms with Gasteiger partial charge in [-0.3, -0.25) is 4.79 Å². The second kappa shape index (κ2) is 2.44. The van der Waals surface area contributed by atoms with Gasteiger partial charge in [0.1, 0.15) is 0 Å². The van der Waals surface area contributed by atoms with Crippen molar-refractivity contribution in [2.75, 3.05) is 0 Å². The first-order valence-electron chi connectivity index (χ1n) is 4.98. The molecule has 0 aliphatic heterocycles. The lowest BCUT2D eigenvalue weighted by Gasteiger charge is -2.03. The van der Waals surface area contributed by atoms with Crippen LogP contribution in [0, 0.1) is 11.8 Å². The van der Waals surface area contributed by atoms with Crippen LogP contribution >= 0.6 is 0 Å². The van der Waals surface area contributed by atoms with Crippen LogP contribution in [-0.2, 0) is 6.42 Å². The molecule has 1 fully saturated rings. The highest BCUT2D eigenvalue weighted by Crippen LogP contribution is 2.46. The van der Waals surface area contributed by atoms with Gasteiger partial charge in [0.2, 0.25) is 0 Å². The maximum absolute atomic E-state index is 11.9. The second-order valence-electron chi connectivity index (χ2n) is 4.16. The number of ketones is 1. The molecule has 3 rings (SSSR count). The molecular weight excluding hydrogens is 160 g/mol. The Balaban J connectivity index is 2.11. The van der Waals surface area contributed by atoms with Gasteiger partial charge in [0.25, 0.3) is 0 Å². The molecule has 2 aliphatic rings. The van der Waals surface area contributed by atoms with Crippen molar-refractivity contribution >= 4 is 5.78 Å². The van der Waals surface area contributed by atoms with Crippen LogP contribution in [0.2, 0.25) is 0 Å². The molecule has 1 heteroatoms. The summed E-state index contributed by atoms with van der Waals surface area (Å²) in [7, 11) is 0. The smallest absolute Gasteiger partial charge is 0.166 e. The third kappa shape index (κ3) is 1.03. The van der Waals surface area contributed by atoms with E-state index < -0.39 is 0 Å². The number of benzene rings is 1. The van der Waals surface area contributed by atoms with Crippen LogP contribution in [0.25, 0.3) is 0 Å². The Hall–Kier alpha value is -1.11. The molecule has 0 heterocycles. The maximum atomic E-state index is 11.9. The van der Waals surface area contributed by atoms with Gasteiger partial charge in [-0.25, -0.2) is 0 Å². The van der Waals surface area contributed by atoms with Crippen LogP contribution < -0.4 is 0 Å². The third-order valence-corrected chi connectivity index (χ3v) is 3.33. The quantitative estimate of drug-likeness (QED) is 0.587.